The highest BCUT2D eigenvalue weighted by molar-refractivity contribution is 5.65. The third kappa shape index (κ3) is 5.32. The number of aromatic nitrogens is 3. The molecule has 3 aromatic rings. The summed E-state index contributed by atoms with van der Waals surface area (Å²) < 4.78 is 28.8. The topological polar surface area (TPSA) is 92.2 Å². The maximum atomic E-state index is 12.2. The number of halogens is 2. The van der Waals surface area contributed by atoms with E-state index in [-0.39, 0.29) is 12.4 Å². The molecular weight excluding hydrogens is 356 g/mol. The standard InChI is InChI=1S/C18H17F2N5O2/c19-17(20)27-13-6-4-12(5-7-13)23-16-11-15(14-3-1-2-8-21-14)24-18(25-16)22-9-10-26/h1-8,11,17,26H,9-10H2,(H2,22,23,24,25). The smallest absolute Gasteiger partial charge is 0.387 e. The Hall–Kier alpha value is -3.33. The highest BCUT2D eigenvalue weighted by atomic mass is 19.3. The zero-order valence-electron chi connectivity index (χ0n) is 14.1. The Kier molecular flexibility index (Phi) is 6.06. The Morgan fingerprint density at radius 1 is 1.04 bits per heavy atom. The third-order valence-corrected chi connectivity index (χ3v) is 3.40. The van der Waals surface area contributed by atoms with Gasteiger partial charge in [-0.25, -0.2) is 4.98 Å². The number of hydrogen-bond donors (Lipinski definition) is 3. The molecule has 0 saturated heterocycles. The van der Waals surface area contributed by atoms with Crippen molar-refractivity contribution in [2.75, 3.05) is 23.8 Å². The second-order valence-corrected chi connectivity index (χ2v) is 5.36. The lowest BCUT2D eigenvalue weighted by Gasteiger charge is -2.11. The van der Waals surface area contributed by atoms with Crippen molar-refractivity contribution in [3.63, 3.8) is 0 Å². The summed E-state index contributed by atoms with van der Waals surface area (Å²) in [4.78, 5) is 13.0. The van der Waals surface area contributed by atoms with E-state index in [2.05, 4.69) is 30.3 Å². The van der Waals surface area contributed by atoms with Crippen LogP contribution in [0.4, 0.5) is 26.2 Å². The van der Waals surface area contributed by atoms with Crippen molar-refractivity contribution in [2.24, 2.45) is 0 Å². The van der Waals surface area contributed by atoms with E-state index in [4.69, 9.17) is 5.11 Å². The number of aliphatic hydroxyl groups is 1. The molecule has 27 heavy (non-hydrogen) atoms. The van der Waals surface area contributed by atoms with Crippen molar-refractivity contribution < 1.29 is 18.6 Å². The van der Waals surface area contributed by atoms with Gasteiger partial charge in [-0.1, -0.05) is 6.07 Å². The van der Waals surface area contributed by atoms with E-state index in [1.807, 2.05) is 12.1 Å². The van der Waals surface area contributed by atoms with Gasteiger partial charge in [-0.3, -0.25) is 4.98 Å². The molecule has 140 valence electrons. The van der Waals surface area contributed by atoms with Gasteiger partial charge in [0.15, 0.2) is 0 Å². The lowest BCUT2D eigenvalue weighted by Crippen LogP contribution is -2.10. The maximum absolute atomic E-state index is 12.2. The van der Waals surface area contributed by atoms with Crippen LogP contribution in [0.25, 0.3) is 11.4 Å². The number of ether oxygens (including phenoxy) is 1. The first kappa shape index (κ1) is 18.5. The van der Waals surface area contributed by atoms with Gasteiger partial charge in [-0.15, -0.1) is 0 Å². The Morgan fingerprint density at radius 3 is 2.52 bits per heavy atom. The average molecular weight is 373 g/mol. The molecule has 7 nitrogen and oxygen atoms in total. The SMILES string of the molecule is OCCNc1nc(Nc2ccc(OC(F)F)cc2)cc(-c2ccccn2)n1. The molecule has 0 saturated carbocycles. The number of pyridine rings is 1. The van der Waals surface area contributed by atoms with Crippen LogP contribution in [-0.2, 0) is 0 Å². The highest BCUT2D eigenvalue weighted by Crippen LogP contribution is 2.24. The molecule has 0 aliphatic carbocycles. The number of aliphatic hydroxyl groups excluding tert-OH is 1. The minimum Gasteiger partial charge on any atom is -0.435 e. The second-order valence-electron chi connectivity index (χ2n) is 5.36. The molecule has 0 unspecified atom stereocenters. The summed E-state index contributed by atoms with van der Waals surface area (Å²) in [5.41, 5.74) is 1.89. The quantitative estimate of drug-likeness (QED) is 0.558. The van der Waals surface area contributed by atoms with Gasteiger partial charge in [0.2, 0.25) is 5.95 Å². The van der Waals surface area contributed by atoms with Gasteiger partial charge in [-0.05, 0) is 36.4 Å². The molecule has 0 bridgehead atoms. The predicted octanol–water partition coefficient (Wildman–Crippen LogP) is 3.29. The first-order valence-corrected chi connectivity index (χ1v) is 8.11. The molecule has 0 radical (unpaired) electrons. The van der Waals surface area contributed by atoms with Gasteiger partial charge >= 0.3 is 6.61 Å². The lowest BCUT2D eigenvalue weighted by atomic mass is 10.2. The van der Waals surface area contributed by atoms with E-state index in [0.29, 0.717) is 35.4 Å². The molecule has 0 spiro atoms. The Bertz CT molecular complexity index is 863. The van der Waals surface area contributed by atoms with Crippen LogP contribution in [0, 0.1) is 0 Å². The van der Waals surface area contributed by atoms with Crippen LogP contribution in [0.1, 0.15) is 0 Å². The second kappa shape index (κ2) is 8.86. The molecule has 9 heteroatoms. The number of nitrogens with zero attached hydrogens (tertiary/aromatic N) is 3. The molecule has 2 aromatic heterocycles. The molecule has 1 aromatic carbocycles. The van der Waals surface area contributed by atoms with Gasteiger partial charge < -0.3 is 20.5 Å². The van der Waals surface area contributed by atoms with E-state index >= 15 is 0 Å². The molecule has 3 rings (SSSR count). The Morgan fingerprint density at radius 2 is 1.85 bits per heavy atom. The van der Waals surface area contributed by atoms with E-state index in [9.17, 15) is 8.78 Å². The van der Waals surface area contributed by atoms with Crippen molar-refractivity contribution >= 4 is 17.5 Å². The number of nitrogens with one attached hydrogen (secondary N) is 2. The van der Waals surface area contributed by atoms with Crippen molar-refractivity contribution in [3.05, 3.63) is 54.7 Å². The summed E-state index contributed by atoms with van der Waals surface area (Å²) in [5, 5.41) is 15.0. The maximum Gasteiger partial charge on any atom is 0.387 e. The predicted molar refractivity (Wildman–Crippen MR) is 97.2 cm³/mol. The van der Waals surface area contributed by atoms with Crippen LogP contribution in [0.2, 0.25) is 0 Å². The highest BCUT2D eigenvalue weighted by Gasteiger charge is 2.09. The molecule has 0 amide bonds. The van der Waals surface area contributed by atoms with E-state index in [1.165, 1.54) is 12.1 Å². The minimum absolute atomic E-state index is 0.0640. The van der Waals surface area contributed by atoms with Gasteiger partial charge in [0.05, 0.1) is 18.0 Å². The zero-order valence-corrected chi connectivity index (χ0v) is 14.1. The molecule has 0 aliphatic rings. The summed E-state index contributed by atoms with van der Waals surface area (Å²) in [6.45, 7) is -2.64. The minimum atomic E-state index is -2.87. The Balaban J connectivity index is 1.85. The zero-order chi connectivity index (χ0) is 19.1. The lowest BCUT2D eigenvalue weighted by molar-refractivity contribution is -0.0498. The summed E-state index contributed by atoms with van der Waals surface area (Å²) in [6.07, 6.45) is 1.66. The van der Waals surface area contributed by atoms with E-state index in [1.54, 1.807) is 30.5 Å². The van der Waals surface area contributed by atoms with Crippen LogP contribution >= 0.6 is 0 Å². The van der Waals surface area contributed by atoms with E-state index in [0.717, 1.165) is 0 Å². The van der Waals surface area contributed by atoms with Crippen LogP contribution in [0.15, 0.2) is 54.7 Å². The van der Waals surface area contributed by atoms with Crippen LogP contribution < -0.4 is 15.4 Å². The number of anilines is 3. The number of alkyl halides is 2. The number of rotatable bonds is 8. The number of hydrogen-bond acceptors (Lipinski definition) is 7. The average Bonchev–Trinajstić information content (AvgIpc) is 2.68. The van der Waals surface area contributed by atoms with Gasteiger partial charge in [0.25, 0.3) is 0 Å². The molecule has 0 fully saturated rings. The first-order valence-electron chi connectivity index (χ1n) is 8.11. The first-order chi connectivity index (χ1) is 13.1. The summed E-state index contributed by atoms with van der Waals surface area (Å²) in [7, 11) is 0. The molecular formula is C18H17F2N5O2. The Labute approximate surface area is 154 Å². The summed E-state index contributed by atoms with van der Waals surface area (Å²) in [5.74, 6) is 0.874. The number of benzene rings is 1. The normalized spacial score (nSPS) is 10.7. The molecule has 2 heterocycles. The fourth-order valence-corrected chi connectivity index (χ4v) is 2.27. The summed E-state index contributed by atoms with van der Waals surface area (Å²) >= 11 is 0. The third-order valence-electron chi connectivity index (χ3n) is 3.40. The largest absolute Gasteiger partial charge is 0.435 e. The van der Waals surface area contributed by atoms with Gasteiger partial charge in [0.1, 0.15) is 11.6 Å². The van der Waals surface area contributed by atoms with Gasteiger partial charge in [-0.2, -0.15) is 13.8 Å². The molecule has 0 atom stereocenters. The van der Waals surface area contributed by atoms with Crippen LogP contribution in [0.3, 0.4) is 0 Å². The van der Waals surface area contributed by atoms with E-state index < -0.39 is 6.61 Å². The van der Waals surface area contributed by atoms with Gasteiger partial charge in [0, 0.05) is 24.5 Å². The van der Waals surface area contributed by atoms with Crippen molar-refractivity contribution in [1.82, 2.24) is 15.0 Å². The fourth-order valence-electron chi connectivity index (χ4n) is 2.27. The van der Waals surface area contributed by atoms with Crippen LogP contribution in [0.5, 0.6) is 5.75 Å². The summed E-state index contributed by atoms with van der Waals surface area (Å²) in [6, 6.07) is 13.2. The van der Waals surface area contributed by atoms with Crippen molar-refractivity contribution in [3.8, 4) is 17.1 Å². The molecule has 3 N–H and O–H groups in total. The van der Waals surface area contributed by atoms with Crippen molar-refractivity contribution in [1.29, 1.82) is 0 Å². The fraction of sp³-hybridized carbons (Fsp3) is 0.167. The molecule has 0 aliphatic heterocycles. The van der Waals surface area contributed by atoms with Crippen LogP contribution in [-0.4, -0.2) is 39.8 Å². The monoisotopic (exact) mass is 373 g/mol. The van der Waals surface area contributed by atoms with Crippen molar-refractivity contribution in [2.45, 2.75) is 6.61 Å².